The second-order valence-electron chi connectivity index (χ2n) is 4.42. The highest BCUT2D eigenvalue weighted by Gasteiger charge is 2.11. The maximum Gasteiger partial charge on any atom is 0.123 e. The molecular weight excluding hydrogens is 212 g/mol. The molecule has 0 saturated heterocycles. The van der Waals surface area contributed by atoms with Crippen LogP contribution >= 0.6 is 0 Å². The first-order valence-corrected chi connectivity index (χ1v) is 6.30. The van der Waals surface area contributed by atoms with Crippen LogP contribution in [0.5, 0.6) is 5.75 Å². The van der Waals surface area contributed by atoms with E-state index in [-0.39, 0.29) is 12.1 Å². The second-order valence-corrected chi connectivity index (χ2v) is 4.42. The maximum absolute atomic E-state index is 5.99. The zero-order chi connectivity index (χ0) is 12.7. The number of ether oxygens (including phenoxy) is 1. The highest BCUT2D eigenvalue weighted by Crippen LogP contribution is 2.24. The van der Waals surface area contributed by atoms with Crippen molar-refractivity contribution in [2.45, 2.75) is 38.8 Å². The number of nitrogens with one attached hydrogen (secondary N) is 1. The van der Waals surface area contributed by atoms with E-state index in [1.807, 2.05) is 18.2 Å². The van der Waals surface area contributed by atoms with Gasteiger partial charge in [-0.15, -0.1) is 0 Å². The molecule has 0 aromatic heterocycles. The van der Waals surface area contributed by atoms with Gasteiger partial charge in [-0.1, -0.05) is 31.5 Å². The monoisotopic (exact) mass is 236 g/mol. The van der Waals surface area contributed by atoms with E-state index in [4.69, 9.17) is 10.5 Å². The SMILES string of the molecule is CCCC(N)CNC(C)c1ccccc1OC. The number of nitrogens with two attached hydrogens (primary N) is 1. The van der Waals surface area contributed by atoms with Gasteiger partial charge in [0.1, 0.15) is 5.75 Å². The van der Waals surface area contributed by atoms with Gasteiger partial charge in [-0.3, -0.25) is 0 Å². The summed E-state index contributed by atoms with van der Waals surface area (Å²) in [5.74, 6) is 0.927. The van der Waals surface area contributed by atoms with Gasteiger partial charge < -0.3 is 15.8 Å². The predicted octanol–water partition coefficient (Wildman–Crippen LogP) is 2.47. The van der Waals surface area contributed by atoms with Crippen molar-refractivity contribution in [3.8, 4) is 5.75 Å². The van der Waals surface area contributed by atoms with Crippen molar-refractivity contribution in [2.75, 3.05) is 13.7 Å². The van der Waals surface area contributed by atoms with Crippen molar-refractivity contribution in [1.82, 2.24) is 5.32 Å². The molecule has 2 unspecified atom stereocenters. The van der Waals surface area contributed by atoms with E-state index >= 15 is 0 Å². The van der Waals surface area contributed by atoms with Crippen LogP contribution in [0, 0.1) is 0 Å². The first-order chi connectivity index (χ1) is 8.19. The fourth-order valence-electron chi connectivity index (χ4n) is 1.94. The first kappa shape index (κ1) is 14.0. The lowest BCUT2D eigenvalue weighted by atomic mass is 10.1. The Hall–Kier alpha value is -1.06. The van der Waals surface area contributed by atoms with Gasteiger partial charge in [0.25, 0.3) is 0 Å². The van der Waals surface area contributed by atoms with Crippen molar-refractivity contribution >= 4 is 0 Å². The van der Waals surface area contributed by atoms with Crippen LogP contribution in [0.25, 0.3) is 0 Å². The van der Waals surface area contributed by atoms with E-state index in [2.05, 4.69) is 25.2 Å². The quantitative estimate of drug-likeness (QED) is 0.764. The lowest BCUT2D eigenvalue weighted by Gasteiger charge is -2.19. The van der Waals surface area contributed by atoms with Gasteiger partial charge in [0.15, 0.2) is 0 Å². The maximum atomic E-state index is 5.99. The van der Waals surface area contributed by atoms with Gasteiger partial charge in [-0.25, -0.2) is 0 Å². The predicted molar refractivity (Wildman–Crippen MR) is 72.3 cm³/mol. The largest absolute Gasteiger partial charge is 0.496 e. The normalized spacial score (nSPS) is 14.4. The zero-order valence-corrected chi connectivity index (χ0v) is 11.1. The first-order valence-electron chi connectivity index (χ1n) is 6.30. The van der Waals surface area contributed by atoms with Crippen LogP contribution in [-0.4, -0.2) is 19.7 Å². The van der Waals surface area contributed by atoms with Crippen LogP contribution in [0.3, 0.4) is 0 Å². The van der Waals surface area contributed by atoms with Crippen molar-refractivity contribution in [2.24, 2.45) is 5.73 Å². The van der Waals surface area contributed by atoms with Crippen LogP contribution in [0.1, 0.15) is 38.3 Å². The van der Waals surface area contributed by atoms with Crippen molar-refractivity contribution in [1.29, 1.82) is 0 Å². The lowest BCUT2D eigenvalue weighted by Crippen LogP contribution is -2.35. The third-order valence-electron chi connectivity index (χ3n) is 2.95. The van der Waals surface area contributed by atoms with E-state index in [9.17, 15) is 0 Å². The smallest absolute Gasteiger partial charge is 0.123 e. The molecule has 1 aromatic carbocycles. The fraction of sp³-hybridized carbons (Fsp3) is 0.571. The summed E-state index contributed by atoms with van der Waals surface area (Å²) in [6, 6.07) is 8.58. The van der Waals surface area contributed by atoms with E-state index in [0.29, 0.717) is 0 Å². The highest BCUT2D eigenvalue weighted by atomic mass is 16.5. The van der Waals surface area contributed by atoms with Gasteiger partial charge in [0, 0.05) is 24.2 Å². The summed E-state index contributed by atoms with van der Waals surface area (Å²) in [5.41, 5.74) is 7.17. The topological polar surface area (TPSA) is 47.3 Å². The number of benzene rings is 1. The van der Waals surface area contributed by atoms with Gasteiger partial charge in [0.2, 0.25) is 0 Å². The summed E-state index contributed by atoms with van der Waals surface area (Å²) in [6.07, 6.45) is 2.19. The molecule has 2 atom stereocenters. The Morgan fingerprint density at radius 1 is 1.35 bits per heavy atom. The van der Waals surface area contributed by atoms with Crippen molar-refractivity contribution < 1.29 is 4.74 Å². The lowest BCUT2D eigenvalue weighted by molar-refractivity contribution is 0.399. The number of hydrogen-bond donors (Lipinski definition) is 2. The molecule has 1 rings (SSSR count). The minimum absolute atomic E-state index is 0.233. The van der Waals surface area contributed by atoms with Crippen LogP contribution in [-0.2, 0) is 0 Å². The van der Waals surface area contributed by atoms with Gasteiger partial charge in [-0.2, -0.15) is 0 Å². The molecule has 3 heteroatoms. The van der Waals surface area contributed by atoms with E-state index < -0.39 is 0 Å². The third-order valence-corrected chi connectivity index (χ3v) is 2.95. The molecular formula is C14H24N2O. The van der Waals surface area contributed by atoms with E-state index in [0.717, 1.165) is 25.1 Å². The summed E-state index contributed by atoms with van der Waals surface area (Å²) in [4.78, 5) is 0. The molecule has 96 valence electrons. The number of para-hydroxylation sites is 1. The Balaban J connectivity index is 2.54. The molecule has 3 nitrogen and oxygen atoms in total. The number of hydrogen-bond acceptors (Lipinski definition) is 3. The average molecular weight is 236 g/mol. The minimum Gasteiger partial charge on any atom is -0.496 e. The second kappa shape index (κ2) is 7.30. The van der Waals surface area contributed by atoms with Crippen LogP contribution < -0.4 is 15.8 Å². The molecule has 0 fully saturated rings. The fourth-order valence-corrected chi connectivity index (χ4v) is 1.94. The molecule has 1 aromatic rings. The molecule has 0 amide bonds. The Morgan fingerprint density at radius 2 is 2.06 bits per heavy atom. The summed E-state index contributed by atoms with van der Waals surface area (Å²) >= 11 is 0. The Morgan fingerprint density at radius 3 is 2.71 bits per heavy atom. The standard InChI is InChI=1S/C14H24N2O/c1-4-7-12(15)10-16-11(2)13-8-5-6-9-14(13)17-3/h5-6,8-9,11-12,16H,4,7,10,15H2,1-3H3. The molecule has 0 saturated carbocycles. The molecule has 0 spiro atoms. The summed E-state index contributed by atoms with van der Waals surface area (Å²) < 4.78 is 5.35. The highest BCUT2D eigenvalue weighted by molar-refractivity contribution is 5.35. The van der Waals surface area contributed by atoms with Crippen LogP contribution in [0.15, 0.2) is 24.3 Å². The molecule has 3 N–H and O–H groups in total. The molecule has 0 heterocycles. The van der Waals surface area contributed by atoms with Crippen molar-refractivity contribution in [3.05, 3.63) is 29.8 Å². The molecule has 0 aliphatic carbocycles. The van der Waals surface area contributed by atoms with Gasteiger partial charge >= 0.3 is 0 Å². The van der Waals surface area contributed by atoms with Crippen molar-refractivity contribution in [3.63, 3.8) is 0 Å². The Kier molecular flexibility index (Phi) is 6.01. The molecule has 0 aliphatic heterocycles. The zero-order valence-electron chi connectivity index (χ0n) is 11.1. The molecule has 0 bridgehead atoms. The summed E-state index contributed by atoms with van der Waals surface area (Å²) in [5, 5.41) is 3.45. The minimum atomic E-state index is 0.233. The van der Waals surface area contributed by atoms with Gasteiger partial charge in [-0.05, 0) is 19.4 Å². The Bertz CT molecular complexity index is 328. The molecule has 17 heavy (non-hydrogen) atoms. The van der Waals surface area contributed by atoms with Crippen LogP contribution in [0.4, 0.5) is 0 Å². The van der Waals surface area contributed by atoms with Crippen LogP contribution in [0.2, 0.25) is 0 Å². The third kappa shape index (κ3) is 4.36. The van der Waals surface area contributed by atoms with Gasteiger partial charge in [0.05, 0.1) is 7.11 Å². The van der Waals surface area contributed by atoms with E-state index in [1.54, 1.807) is 7.11 Å². The van der Waals surface area contributed by atoms with E-state index in [1.165, 1.54) is 5.56 Å². The Labute approximate surface area is 104 Å². The molecule has 0 aliphatic rings. The summed E-state index contributed by atoms with van der Waals surface area (Å²) in [6.45, 7) is 5.13. The summed E-state index contributed by atoms with van der Waals surface area (Å²) in [7, 11) is 1.70. The molecule has 0 radical (unpaired) electrons. The average Bonchev–Trinajstić information content (AvgIpc) is 2.36. The number of rotatable bonds is 7. The number of methoxy groups -OCH3 is 1.